The van der Waals surface area contributed by atoms with Gasteiger partial charge in [-0.3, -0.25) is 0 Å². The third kappa shape index (κ3) is 9.14. The highest BCUT2D eigenvalue weighted by atomic mass is 35.5. The van der Waals surface area contributed by atoms with Crippen LogP contribution in [0.3, 0.4) is 0 Å². The third-order valence-electron chi connectivity index (χ3n) is 3.82. The van der Waals surface area contributed by atoms with Gasteiger partial charge in [-0.15, -0.1) is 12.4 Å². The fraction of sp³-hybridized carbons (Fsp3) is 0.455. The second-order valence-corrected chi connectivity index (χ2v) is 6.44. The van der Waals surface area contributed by atoms with Crippen LogP contribution in [0.2, 0.25) is 0 Å². The van der Waals surface area contributed by atoms with Gasteiger partial charge in [-0.25, -0.2) is 0 Å². The molecule has 0 heterocycles. The molecular weight excluding hydrogens is 362 g/mol. The molecule has 1 N–H and O–H groups in total. The van der Waals surface area contributed by atoms with Crippen LogP contribution >= 0.6 is 12.4 Å². The van der Waals surface area contributed by atoms with Gasteiger partial charge in [0, 0.05) is 13.2 Å². The Kier molecular flexibility index (Phi) is 11.6. The number of ether oxygens (including phenoxy) is 3. The molecule has 0 saturated carbocycles. The van der Waals surface area contributed by atoms with Gasteiger partial charge in [0.15, 0.2) is 11.5 Å². The number of benzene rings is 2. The maximum absolute atomic E-state index is 5.95. The summed E-state index contributed by atoms with van der Waals surface area (Å²) in [6.45, 7) is 9.79. The summed E-state index contributed by atoms with van der Waals surface area (Å²) in [5.74, 6) is 1.58. The fourth-order valence-corrected chi connectivity index (χ4v) is 2.53. The van der Waals surface area contributed by atoms with Crippen molar-refractivity contribution in [3.63, 3.8) is 0 Å². The molecule has 0 saturated heterocycles. The second kappa shape index (κ2) is 13.4. The maximum atomic E-state index is 5.95. The van der Waals surface area contributed by atoms with Crippen LogP contribution in [0.25, 0.3) is 0 Å². The van der Waals surface area contributed by atoms with E-state index in [0.717, 1.165) is 43.2 Å². The van der Waals surface area contributed by atoms with E-state index in [1.807, 2.05) is 31.2 Å². The first-order chi connectivity index (χ1) is 12.7. The first-order valence-electron chi connectivity index (χ1n) is 9.43. The molecular formula is C22H32ClNO3. The lowest BCUT2D eigenvalue weighted by Gasteiger charge is -2.14. The monoisotopic (exact) mass is 393 g/mol. The van der Waals surface area contributed by atoms with Crippen LogP contribution in [0, 0.1) is 0 Å². The highest BCUT2D eigenvalue weighted by Gasteiger charge is 2.07. The van der Waals surface area contributed by atoms with Crippen molar-refractivity contribution in [1.82, 2.24) is 5.32 Å². The Hall–Kier alpha value is -1.75. The summed E-state index contributed by atoms with van der Waals surface area (Å²) in [6.07, 6.45) is 1.31. The lowest BCUT2D eigenvalue weighted by Crippen LogP contribution is -2.17. The molecule has 0 bridgehead atoms. The van der Waals surface area contributed by atoms with Crippen molar-refractivity contribution >= 4 is 12.4 Å². The number of hydrogen-bond acceptors (Lipinski definition) is 4. The minimum atomic E-state index is 0. The van der Waals surface area contributed by atoms with E-state index in [0.29, 0.717) is 19.3 Å². The standard InChI is InChI=1S/C22H31NO3.ClH/c1-4-24-22-15-20(16-23-13-8-14-25-18(2)3)11-12-21(22)26-17-19-9-6-5-7-10-19;/h5-7,9-12,15,18,23H,4,8,13-14,16-17H2,1-3H3;1H. The van der Waals surface area contributed by atoms with Crippen LogP contribution in [0.1, 0.15) is 38.3 Å². The van der Waals surface area contributed by atoms with E-state index in [9.17, 15) is 0 Å². The molecule has 0 fully saturated rings. The van der Waals surface area contributed by atoms with Gasteiger partial charge in [0.25, 0.3) is 0 Å². The molecule has 0 radical (unpaired) electrons. The quantitative estimate of drug-likeness (QED) is 0.515. The van der Waals surface area contributed by atoms with Crippen molar-refractivity contribution in [3.8, 4) is 11.5 Å². The normalized spacial score (nSPS) is 10.5. The van der Waals surface area contributed by atoms with Gasteiger partial charge in [0.2, 0.25) is 0 Å². The number of halogens is 1. The van der Waals surface area contributed by atoms with E-state index in [1.54, 1.807) is 0 Å². The molecule has 2 aromatic carbocycles. The number of hydrogen-bond donors (Lipinski definition) is 1. The van der Waals surface area contributed by atoms with Crippen LogP contribution in [-0.4, -0.2) is 25.9 Å². The molecule has 2 aromatic rings. The van der Waals surface area contributed by atoms with Crippen LogP contribution < -0.4 is 14.8 Å². The molecule has 0 aliphatic heterocycles. The Morgan fingerprint density at radius 1 is 0.926 bits per heavy atom. The summed E-state index contributed by atoms with van der Waals surface area (Å²) < 4.78 is 17.3. The summed E-state index contributed by atoms with van der Waals surface area (Å²) in [7, 11) is 0. The molecule has 0 amide bonds. The molecule has 27 heavy (non-hydrogen) atoms. The topological polar surface area (TPSA) is 39.7 Å². The van der Waals surface area contributed by atoms with E-state index < -0.39 is 0 Å². The Morgan fingerprint density at radius 2 is 1.70 bits per heavy atom. The van der Waals surface area contributed by atoms with Crippen molar-refractivity contribution in [2.75, 3.05) is 19.8 Å². The molecule has 150 valence electrons. The Balaban J connectivity index is 0.00000364. The first-order valence-corrected chi connectivity index (χ1v) is 9.43. The lowest BCUT2D eigenvalue weighted by atomic mass is 10.2. The zero-order valence-corrected chi connectivity index (χ0v) is 17.4. The molecule has 5 heteroatoms. The van der Waals surface area contributed by atoms with E-state index >= 15 is 0 Å². The summed E-state index contributed by atoms with van der Waals surface area (Å²) in [5.41, 5.74) is 2.33. The molecule has 0 aromatic heterocycles. The lowest BCUT2D eigenvalue weighted by molar-refractivity contribution is 0.0770. The minimum absolute atomic E-state index is 0. The van der Waals surface area contributed by atoms with E-state index in [2.05, 4.69) is 43.4 Å². The molecule has 2 rings (SSSR count). The van der Waals surface area contributed by atoms with Crippen LogP contribution in [-0.2, 0) is 17.9 Å². The fourth-order valence-electron chi connectivity index (χ4n) is 2.53. The highest BCUT2D eigenvalue weighted by Crippen LogP contribution is 2.29. The zero-order chi connectivity index (χ0) is 18.6. The molecule has 0 aliphatic carbocycles. The van der Waals surface area contributed by atoms with E-state index in [1.165, 1.54) is 5.56 Å². The number of rotatable bonds is 12. The largest absolute Gasteiger partial charge is 0.490 e. The summed E-state index contributed by atoms with van der Waals surface area (Å²) in [5, 5.41) is 3.45. The smallest absolute Gasteiger partial charge is 0.161 e. The van der Waals surface area contributed by atoms with Crippen molar-refractivity contribution in [1.29, 1.82) is 0 Å². The Morgan fingerprint density at radius 3 is 2.41 bits per heavy atom. The van der Waals surface area contributed by atoms with Gasteiger partial charge in [-0.05, 0) is 57.0 Å². The second-order valence-electron chi connectivity index (χ2n) is 6.44. The molecule has 4 nitrogen and oxygen atoms in total. The minimum Gasteiger partial charge on any atom is -0.490 e. The molecule has 0 aliphatic rings. The van der Waals surface area contributed by atoms with Crippen molar-refractivity contribution < 1.29 is 14.2 Å². The van der Waals surface area contributed by atoms with Gasteiger partial charge < -0.3 is 19.5 Å². The summed E-state index contributed by atoms with van der Waals surface area (Å²) >= 11 is 0. The van der Waals surface area contributed by atoms with Gasteiger partial charge in [0.1, 0.15) is 6.61 Å². The van der Waals surface area contributed by atoms with Crippen LogP contribution in [0.15, 0.2) is 48.5 Å². The Bertz CT molecular complexity index is 635. The van der Waals surface area contributed by atoms with Gasteiger partial charge >= 0.3 is 0 Å². The van der Waals surface area contributed by atoms with Gasteiger partial charge in [-0.2, -0.15) is 0 Å². The third-order valence-corrected chi connectivity index (χ3v) is 3.82. The van der Waals surface area contributed by atoms with Crippen LogP contribution in [0.4, 0.5) is 0 Å². The van der Waals surface area contributed by atoms with E-state index in [4.69, 9.17) is 14.2 Å². The summed E-state index contributed by atoms with van der Waals surface area (Å²) in [4.78, 5) is 0. The van der Waals surface area contributed by atoms with E-state index in [-0.39, 0.29) is 12.4 Å². The van der Waals surface area contributed by atoms with Gasteiger partial charge in [0.05, 0.1) is 12.7 Å². The number of nitrogens with one attached hydrogen (secondary N) is 1. The zero-order valence-electron chi connectivity index (χ0n) is 16.6. The predicted octanol–water partition coefficient (Wildman–Crippen LogP) is 4.99. The first kappa shape index (κ1) is 23.3. The highest BCUT2D eigenvalue weighted by molar-refractivity contribution is 5.85. The van der Waals surface area contributed by atoms with Crippen molar-refractivity contribution in [3.05, 3.63) is 59.7 Å². The van der Waals surface area contributed by atoms with Gasteiger partial charge in [-0.1, -0.05) is 36.4 Å². The van der Waals surface area contributed by atoms with Crippen molar-refractivity contribution in [2.45, 2.75) is 46.4 Å². The molecule has 0 unspecified atom stereocenters. The van der Waals surface area contributed by atoms with Crippen LogP contribution in [0.5, 0.6) is 11.5 Å². The molecule has 0 atom stereocenters. The predicted molar refractivity (Wildman–Crippen MR) is 113 cm³/mol. The average Bonchev–Trinajstić information content (AvgIpc) is 2.65. The average molecular weight is 394 g/mol. The molecule has 0 spiro atoms. The maximum Gasteiger partial charge on any atom is 0.161 e. The summed E-state index contributed by atoms with van der Waals surface area (Å²) in [6, 6.07) is 16.3. The van der Waals surface area contributed by atoms with Crippen molar-refractivity contribution in [2.24, 2.45) is 0 Å². The SMILES string of the molecule is CCOc1cc(CNCCCOC(C)C)ccc1OCc1ccccc1.Cl. The Labute approximate surface area is 169 Å².